The van der Waals surface area contributed by atoms with Gasteiger partial charge in [0.2, 0.25) is 10.0 Å². The van der Waals surface area contributed by atoms with E-state index in [1.807, 2.05) is 0 Å². The lowest BCUT2D eigenvalue weighted by Gasteiger charge is -2.30. The molecule has 18 heavy (non-hydrogen) atoms. The van der Waals surface area contributed by atoms with Crippen LogP contribution in [-0.4, -0.2) is 33.3 Å². The first kappa shape index (κ1) is 14.3. The molecule has 2 aliphatic rings. The summed E-state index contributed by atoms with van der Waals surface area (Å²) in [4.78, 5) is 0. The Balaban J connectivity index is 1.84. The van der Waals surface area contributed by atoms with Crippen molar-refractivity contribution in [1.82, 2.24) is 10.0 Å². The summed E-state index contributed by atoms with van der Waals surface area (Å²) in [6.45, 7) is 4.55. The molecule has 1 saturated heterocycles. The molecule has 1 saturated carbocycles. The maximum atomic E-state index is 12.2. The van der Waals surface area contributed by atoms with Gasteiger partial charge in [-0.05, 0) is 44.2 Å². The molecular formula is C13H26N2O2S. The Morgan fingerprint density at radius 3 is 2.44 bits per heavy atom. The molecule has 1 aliphatic heterocycles. The Labute approximate surface area is 111 Å². The lowest BCUT2D eigenvalue weighted by molar-refractivity contribution is 0.257. The van der Waals surface area contributed by atoms with E-state index in [2.05, 4.69) is 17.0 Å². The van der Waals surface area contributed by atoms with Crippen LogP contribution in [-0.2, 0) is 10.0 Å². The fraction of sp³-hybridized carbons (Fsp3) is 1.00. The van der Waals surface area contributed by atoms with Crippen LogP contribution < -0.4 is 10.0 Å². The Hall–Kier alpha value is -0.130. The molecule has 5 heteroatoms. The van der Waals surface area contributed by atoms with Crippen molar-refractivity contribution in [1.29, 1.82) is 0 Å². The molecule has 0 radical (unpaired) electrons. The lowest BCUT2D eigenvalue weighted by atomic mass is 9.81. The van der Waals surface area contributed by atoms with Gasteiger partial charge in [0.1, 0.15) is 0 Å². The van der Waals surface area contributed by atoms with Crippen LogP contribution in [0.1, 0.15) is 45.4 Å². The molecule has 0 spiro atoms. The molecule has 2 fully saturated rings. The third-order valence-electron chi connectivity index (χ3n) is 4.56. The average Bonchev–Trinajstić information content (AvgIpc) is 2.39. The molecule has 1 aliphatic carbocycles. The maximum absolute atomic E-state index is 12.2. The molecule has 2 N–H and O–H groups in total. The van der Waals surface area contributed by atoms with E-state index >= 15 is 0 Å². The quantitative estimate of drug-likeness (QED) is 0.816. The van der Waals surface area contributed by atoms with Gasteiger partial charge in [0.15, 0.2) is 0 Å². The minimum Gasteiger partial charge on any atom is -0.317 e. The van der Waals surface area contributed by atoms with Crippen LogP contribution in [0.2, 0.25) is 0 Å². The SMILES string of the molecule is CC1CCCCC1CNS(=O)(=O)C1CCNCC1. The maximum Gasteiger partial charge on any atom is 0.214 e. The Morgan fingerprint density at radius 2 is 1.78 bits per heavy atom. The Morgan fingerprint density at radius 1 is 1.11 bits per heavy atom. The van der Waals surface area contributed by atoms with Gasteiger partial charge in [-0.15, -0.1) is 0 Å². The molecule has 0 aromatic rings. The molecule has 106 valence electrons. The molecule has 0 bridgehead atoms. The van der Waals surface area contributed by atoms with Crippen molar-refractivity contribution < 1.29 is 8.42 Å². The molecule has 0 amide bonds. The standard InChI is InChI=1S/C13H26N2O2S/c1-11-4-2-3-5-12(11)10-15-18(16,17)13-6-8-14-9-7-13/h11-15H,2-10H2,1H3. The first-order valence-electron chi connectivity index (χ1n) is 7.29. The van der Waals surface area contributed by atoms with Crippen LogP contribution in [0.4, 0.5) is 0 Å². The third kappa shape index (κ3) is 3.68. The van der Waals surface area contributed by atoms with Gasteiger partial charge >= 0.3 is 0 Å². The molecule has 2 unspecified atom stereocenters. The fourth-order valence-electron chi connectivity index (χ4n) is 3.14. The summed E-state index contributed by atoms with van der Waals surface area (Å²) >= 11 is 0. The molecule has 0 aromatic carbocycles. The Kier molecular flexibility index (Phi) is 5.04. The van der Waals surface area contributed by atoms with Gasteiger partial charge in [0.25, 0.3) is 0 Å². The molecular weight excluding hydrogens is 248 g/mol. The van der Waals surface area contributed by atoms with Gasteiger partial charge in [-0.2, -0.15) is 0 Å². The van der Waals surface area contributed by atoms with Gasteiger partial charge in [0, 0.05) is 6.54 Å². The number of hydrogen-bond acceptors (Lipinski definition) is 3. The summed E-state index contributed by atoms with van der Waals surface area (Å²) in [7, 11) is -3.10. The second kappa shape index (κ2) is 6.35. The highest BCUT2D eigenvalue weighted by Crippen LogP contribution is 2.29. The molecule has 2 rings (SSSR count). The minimum absolute atomic E-state index is 0.183. The third-order valence-corrected chi connectivity index (χ3v) is 6.48. The van der Waals surface area contributed by atoms with E-state index in [-0.39, 0.29) is 5.25 Å². The van der Waals surface area contributed by atoms with Gasteiger partial charge in [-0.3, -0.25) is 0 Å². The van der Waals surface area contributed by atoms with Crippen molar-refractivity contribution in [2.24, 2.45) is 11.8 Å². The largest absolute Gasteiger partial charge is 0.317 e. The minimum atomic E-state index is -3.10. The Bertz CT molecular complexity index is 350. The second-order valence-corrected chi connectivity index (χ2v) is 7.91. The zero-order chi connectivity index (χ0) is 13.0. The number of hydrogen-bond donors (Lipinski definition) is 2. The summed E-state index contributed by atoms with van der Waals surface area (Å²) in [6, 6.07) is 0. The molecule has 2 atom stereocenters. The van der Waals surface area contributed by atoms with Crippen LogP contribution in [0.3, 0.4) is 0 Å². The van der Waals surface area contributed by atoms with Crippen molar-refractivity contribution in [2.45, 2.75) is 50.7 Å². The first-order valence-corrected chi connectivity index (χ1v) is 8.83. The van der Waals surface area contributed by atoms with E-state index in [0.29, 0.717) is 18.4 Å². The van der Waals surface area contributed by atoms with Crippen LogP contribution in [0.25, 0.3) is 0 Å². The van der Waals surface area contributed by atoms with Crippen molar-refractivity contribution in [2.75, 3.05) is 19.6 Å². The van der Waals surface area contributed by atoms with Crippen LogP contribution in [0.5, 0.6) is 0 Å². The zero-order valence-electron chi connectivity index (χ0n) is 11.3. The van der Waals surface area contributed by atoms with E-state index in [1.54, 1.807) is 0 Å². The van der Waals surface area contributed by atoms with Gasteiger partial charge in [-0.25, -0.2) is 13.1 Å². The van der Waals surface area contributed by atoms with Crippen molar-refractivity contribution in [3.05, 3.63) is 0 Å². The highest BCUT2D eigenvalue weighted by atomic mass is 32.2. The smallest absolute Gasteiger partial charge is 0.214 e. The summed E-state index contributed by atoms with van der Waals surface area (Å²) in [5.74, 6) is 1.20. The predicted molar refractivity (Wildman–Crippen MR) is 73.9 cm³/mol. The van der Waals surface area contributed by atoms with Crippen LogP contribution in [0, 0.1) is 11.8 Å². The van der Waals surface area contributed by atoms with E-state index in [4.69, 9.17) is 0 Å². The van der Waals surface area contributed by atoms with E-state index in [0.717, 1.165) is 25.9 Å². The number of rotatable bonds is 4. The van der Waals surface area contributed by atoms with E-state index in [9.17, 15) is 8.42 Å². The first-order chi connectivity index (χ1) is 8.59. The zero-order valence-corrected chi connectivity index (χ0v) is 12.1. The summed E-state index contributed by atoms with van der Waals surface area (Å²) < 4.78 is 27.3. The predicted octanol–water partition coefficient (Wildman–Crippen LogP) is 1.48. The van der Waals surface area contributed by atoms with Crippen LogP contribution >= 0.6 is 0 Å². The van der Waals surface area contributed by atoms with Gasteiger partial charge in [-0.1, -0.05) is 26.2 Å². The summed E-state index contributed by atoms with van der Waals surface area (Å²) in [6.07, 6.45) is 6.48. The number of nitrogens with one attached hydrogen (secondary N) is 2. The topological polar surface area (TPSA) is 58.2 Å². The summed E-state index contributed by atoms with van der Waals surface area (Å²) in [5, 5.41) is 3.02. The number of piperidine rings is 1. The van der Waals surface area contributed by atoms with Gasteiger partial charge < -0.3 is 5.32 Å². The van der Waals surface area contributed by atoms with Gasteiger partial charge in [0.05, 0.1) is 5.25 Å². The fourth-order valence-corrected chi connectivity index (χ4v) is 4.68. The van der Waals surface area contributed by atoms with Crippen LogP contribution in [0.15, 0.2) is 0 Å². The van der Waals surface area contributed by atoms with Crippen molar-refractivity contribution in [3.63, 3.8) is 0 Å². The normalized spacial score (nSPS) is 31.4. The van der Waals surface area contributed by atoms with E-state index < -0.39 is 10.0 Å². The van der Waals surface area contributed by atoms with E-state index in [1.165, 1.54) is 25.7 Å². The number of sulfonamides is 1. The van der Waals surface area contributed by atoms with Crippen molar-refractivity contribution >= 4 is 10.0 Å². The highest BCUT2D eigenvalue weighted by Gasteiger charge is 2.29. The molecule has 1 heterocycles. The molecule has 4 nitrogen and oxygen atoms in total. The average molecular weight is 274 g/mol. The molecule has 0 aromatic heterocycles. The lowest BCUT2D eigenvalue weighted by Crippen LogP contribution is -2.43. The summed E-state index contributed by atoms with van der Waals surface area (Å²) in [5.41, 5.74) is 0. The highest BCUT2D eigenvalue weighted by molar-refractivity contribution is 7.90. The monoisotopic (exact) mass is 274 g/mol. The van der Waals surface area contributed by atoms with Crippen molar-refractivity contribution in [3.8, 4) is 0 Å². The second-order valence-electron chi connectivity index (χ2n) is 5.86.